The van der Waals surface area contributed by atoms with Crippen molar-refractivity contribution >= 4 is 34.2 Å². The molecule has 64 valence electrons. The van der Waals surface area contributed by atoms with E-state index >= 15 is 0 Å². The molecule has 0 fully saturated rings. The van der Waals surface area contributed by atoms with E-state index in [1.807, 2.05) is 25.1 Å². The third-order valence-electron chi connectivity index (χ3n) is 1.44. The molecule has 12 heavy (non-hydrogen) atoms. The molecule has 0 aliphatic heterocycles. The Balaban J connectivity index is 2.93. The average Bonchev–Trinajstić information content (AvgIpc) is 1.94. The lowest BCUT2D eigenvalue weighted by Gasteiger charge is -2.04. The summed E-state index contributed by atoms with van der Waals surface area (Å²) in [6.07, 6.45) is 0. The quantitative estimate of drug-likeness (QED) is 0.784. The third kappa shape index (κ3) is 2.48. The van der Waals surface area contributed by atoms with E-state index < -0.39 is 0 Å². The Morgan fingerprint density at radius 1 is 1.50 bits per heavy atom. The van der Waals surface area contributed by atoms with Gasteiger partial charge in [0.05, 0.1) is 5.69 Å². The number of aryl methyl sites for hydroxylation is 1. The zero-order chi connectivity index (χ0) is 9.14. The zero-order valence-electron chi connectivity index (χ0n) is 7.02. The van der Waals surface area contributed by atoms with Crippen LogP contribution in [0.15, 0.2) is 18.2 Å². The highest BCUT2D eigenvalue weighted by atomic mass is 127. The van der Waals surface area contributed by atoms with Crippen molar-refractivity contribution in [1.29, 1.82) is 0 Å². The molecule has 0 radical (unpaired) electrons. The number of anilines is 1. The Morgan fingerprint density at radius 2 is 2.17 bits per heavy atom. The molecule has 0 aliphatic carbocycles. The second-order valence-corrected chi connectivity index (χ2v) is 3.83. The van der Waals surface area contributed by atoms with E-state index in [1.54, 1.807) is 0 Å². The summed E-state index contributed by atoms with van der Waals surface area (Å²) < 4.78 is 1.07. The van der Waals surface area contributed by atoms with E-state index in [2.05, 4.69) is 27.9 Å². The maximum Gasteiger partial charge on any atom is 0.221 e. The molecule has 0 heterocycles. The largest absolute Gasteiger partial charge is 0.325 e. The van der Waals surface area contributed by atoms with Crippen LogP contribution in [0.2, 0.25) is 0 Å². The van der Waals surface area contributed by atoms with Crippen molar-refractivity contribution in [3.8, 4) is 0 Å². The number of halogens is 1. The van der Waals surface area contributed by atoms with Crippen LogP contribution in [0.3, 0.4) is 0 Å². The molecule has 1 rings (SSSR count). The summed E-state index contributed by atoms with van der Waals surface area (Å²) in [7, 11) is 0. The summed E-state index contributed by atoms with van der Waals surface area (Å²) in [5, 5.41) is 2.75. The van der Waals surface area contributed by atoms with Crippen molar-refractivity contribution in [2.45, 2.75) is 13.8 Å². The molecule has 0 aromatic heterocycles. The number of carbonyl (C=O) groups excluding carboxylic acids is 1. The minimum atomic E-state index is -0.0308. The van der Waals surface area contributed by atoms with Gasteiger partial charge in [-0.1, -0.05) is 6.07 Å². The van der Waals surface area contributed by atoms with Crippen LogP contribution in [-0.4, -0.2) is 5.91 Å². The highest BCUT2D eigenvalue weighted by molar-refractivity contribution is 14.1. The number of hydrogen-bond acceptors (Lipinski definition) is 1. The summed E-state index contributed by atoms with van der Waals surface area (Å²) in [5.41, 5.74) is 2.09. The topological polar surface area (TPSA) is 29.1 Å². The molecule has 3 heteroatoms. The van der Waals surface area contributed by atoms with Crippen LogP contribution in [0.25, 0.3) is 0 Å². The first-order valence-electron chi connectivity index (χ1n) is 3.63. The second kappa shape index (κ2) is 3.89. The van der Waals surface area contributed by atoms with E-state index in [-0.39, 0.29) is 5.91 Å². The molecule has 1 aromatic carbocycles. The van der Waals surface area contributed by atoms with Gasteiger partial charge >= 0.3 is 0 Å². The van der Waals surface area contributed by atoms with Gasteiger partial charge in [-0.25, -0.2) is 0 Å². The first kappa shape index (κ1) is 9.51. The van der Waals surface area contributed by atoms with E-state index in [9.17, 15) is 4.79 Å². The number of carbonyl (C=O) groups is 1. The monoisotopic (exact) mass is 275 g/mol. The summed E-state index contributed by atoms with van der Waals surface area (Å²) in [5.74, 6) is -0.0308. The van der Waals surface area contributed by atoms with Crippen molar-refractivity contribution in [3.05, 3.63) is 27.3 Å². The molecular weight excluding hydrogens is 265 g/mol. The number of rotatable bonds is 1. The van der Waals surface area contributed by atoms with Crippen LogP contribution in [0, 0.1) is 10.5 Å². The van der Waals surface area contributed by atoms with Crippen LogP contribution in [0.4, 0.5) is 5.69 Å². The Morgan fingerprint density at radius 3 is 2.67 bits per heavy atom. The van der Waals surface area contributed by atoms with E-state index in [1.165, 1.54) is 12.5 Å². The molecule has 2 nitrogen and oxygen atoms in total. The molecule has 0 bridgehead atoms. The maximum absolute atomic E-state index is 10.7. The van der Waals surface area contributed by atoms with Gasteiger partial charge in [0, 0.05) is 10.5 Å². The van der Waals surface area contributed by atoms with Gasteiger partial charge in [-0.05, 0) is 47.2 Å². The number of benzene rings is 1. The van der Waals surface area contributed by atoms with Gasteiger partial charge in [0.2, 0.25) is 5.91 Å². The molecule has 0 unspecified atom stereocenters. The van der Waals surface area contributed by atoms with Crippen molar-refractivity contribution in [1.82, 2.24) is 0 Å². The van der Waals surface area contributed by atoms with Gasteiger partial charge in [-0.2, -0.15) is 0 Å². The molecular formula is C9H10INO. The molecule has 1 N–H and O–H groups in total. The van der Waals surface area contributed by atoms with Crippen molar-refractivity contribution in [3.63, 3.8) is 0 Å². The Hall–Kier alpha value is -0.580. The van der Waals surface area contributed by atoms with E-state index in [0.717, 1.165) is 9.26 Å². The fraction of sp³-hybridized carbons (Fsp3) is 0.222. The van der Waals surface area contributed by atoms with Crippen LogP contribution in [-0.2, 0) is 4.79 Å². The van der Waals surface area contributed by atoms with Gasteiger partial charge in [0.1, 0.15) is 0 Å². The lowest BCUT2D eigenvalue weighted by atomic mass is 10.2. The summed E-state index contributed by atoms with van der Waals surface area (Å²) >= 11 is 2.20. The third-order valence-corrected chi connectivity index (χ3v) is 2.33. The van der Waals surface area contributed by atoms with Gasteiger partial charge in [-0.15, -0.1) is 0 Å². The Kier molecular flexibility index (Phi) is 3.08. The molecule has 0 saturated carbocycles. The van der Waals surface area contributed by atoms with E-state index in [4.69, 9.17) is 0 Å². The van der Waals surface area contributed by atoms with E-state index in [0.29, 0.717) is 0 Å². The standard InChI is InChI=1S/C9H10INO/c1-6-3-4-9(8(10)5-6)11-7(2)12/h3-5H,1-2H3,(H,11,12). The van der Waals surface area contributed by atoms with Crippen LogP contribution < -0.4 is 5.32 Å². The minimum Gasteiger partial charge on any atom is -0.325 e. The fourth-order valence-electron chi connectivity index (χ4n) is 0.911. The fourth-order valence-corrected chi connectivity index (χ4v) is 1.72. The van der Waals surface area contributed by atoms with Crippen molar-refractivity contribution in [2.75, 3.05) is 5.32 Å². The summed E-state index contributed by atoms with van der Waals surface area (Å²) in [4.78, 5) is 10.7. The van der Waals surface area contributed by atoms with Gasteiger partial charge in [0.25, 0.3) is 0 Å². The highest BCUT2D eigenvalue weighted by Crippen LogP contribution is 2.18. The van der Waals surface area contributed by atoms with Crippen molar-refractivity contribution < 1.29 is 4.79 Å². The molecule has 0 saturated heterocycles. The van der Waals surface area contributed by atoms with Gasteiger partial charge in [0.15, 0.2) is 0 Å². The lowest BCUT2D eigenvalue weighted by molar-refractivity contribution is -0.114. The van der Waals surface area contributed by atoms with Crippen LogP contribution >= 0.6 is 22.6 Å². The number of nitrogens with one attached hydrogen (secondary N) is 1. The highest BCUT2D eigenvalue weighted by Gasteiger charge is 1.99. The molecule has 0 atom stereocenters. The van der Waals surface area contributed by atoms with Crippen LogP contribution in [0.5, 0.6) is 0 Å². The average molecular weight is 275 g/mol. The first-order chi connectivity index (χ1) is 5.59. The smallest absolute Gasteiger partial charge is 0.221 e. The van der Waals surface area contributed by atoms with Crippen LogP contribution in [0.1, 0.15) is 12.5 Å². The molecule has 0 aliphatic rings. The number of hydrogen-bond donors (Lipinski definition) is 1. The molecule has 1 amide bonds. The lowest BCUT2D eigenvalue weighted by Crippen LogP contribution is -2.06. The second-order valence-electron chi connectivity index (χ2n) is 2.66. The predicted molar refractivity (Wildman–Crippen MR) is 58.2 cm³/mol. The zero-order valence-corrected chi connectivity index (χ0v) is 9.18. The normalized spacial score (nSPS) is 9.58. The molecule has 1 aromatic rings. The predicted octanol–water partition coefficient (Wildman–Crippen LogP) is 2.56. The van der Waals surface area contributed by atoms with Crippen molar-refractivity contribution in [2.24, 2.45) is 0 Å². The first-order valence-corrected chi connectivity index (χ1v) is 4.71. The Bertz CT molecular complexity index is 309. The molecule has 0 spiro atoms. The number of amides is 1. The van der Waals surface area contributed by atoms with Gasteiger partial charge in [-0.3, -0.25) is 4.79 Å². The SMILES string of the molecule is CC(=O)Nc1ccc(C)cc1I. The van der Waals surface area contributed by atoms with Gasteiger partial charge < -0.3 is 5.32 Å². The maximum atomic E-state index is 10.7. The summed E-state index contributed by atoms with van der Waals surface area (Å²) in [6.45, 7) is 3.54. The Labute approximate surface area is 85.5 Å². The minimum absolute atomic E-state index is 0.0308. The summed E-state index contributed by atoms with van der Waals surface area (Å²) in [6, 6.07) is 5.93.